The predicted molar refractivity (Wildman–Crippen MR) is 150 cm³/mol. The van der Waals surface area contributed by atoms with Crippen molar-refractivity contribution in [2.24, 2.45) is 5.73 Å². The lowest BCUT2D eigenvalue weighted by Crippen LogP contribution is -2.54. The summed E-state index contributed by atoms with van der Waals surface area (Å²) in [5.74, 6) is -2.56. The van der Waals surface area contributed by atoms with Crippen LogP contribution in [0.1, 0.15) is 34.0 Å². The molecular weight excluding hydrogens is 558 g/mol. The van der Waals surface area contributed by atoms with Crippen LogP contribution in [-0.4, -0.2) is 66.8 Å². The standard InChI is InChI=1S/C29H33F4N5O4/c1-16-5-6-19(17(2)9-16)11-35-28(41)21-13-38(15-29(31,32)33)24-20(26(21)40)10-22(30)25(27(24)42-4)37-8-7-36(14-23(34)39)18(3)12-37/h5-6,9-10,13,18H,7-8,11-12,14-15H2,1-4H3,(H2,34,39)(H,35,41). The van der Waals surface area contributed by atoms with E-state index >= 15 is 4.39 Å². The van der Waals surface area contributed by atoms with Crippen molar-refractivity contribution in [2.75, 3.05) is 38.2 Å². The van der Waals surface area contributed by atoms with Crippen molar-refractivity contribution in [3.8, 4) is 5.75 Å². The summed E-state index contributed by atoms with van der Waals surface area (Å²) < 4.78 is 63.1. The Bertz CT molecular complexity index is 1590. The first-order chi connectivity index (χ1) is 19.7. The van der Waals surface area contributed by atoms with Gasteiger partial charge in [-0.05, 0) is 38.0 Å². The summed E-state index contributed by atoms with van der Waals surface area (Å²) in [7, 11) is 1.18. The zero-order valence-electron chi connectivity index (χ0n) is 23.8. The molecule has 226 valence electrons. The molecule has 1 aromatic heterocycles. The number of nitrogens with zero attached hydrogens (tertiary/aromatic N) is 3. The third-order valence-electron chi connectivity index (χ3n) is 7.42. The fraction of sp³-hybridized carbons (Fsp3) is 0.414. The Hall–Kier alpha value is -4.13. The van der Waals surface area contributed by atoms with E-state index in [2.05, 4.69) is 5.32 Å². The number of alkyl halides is 3. The maximum absolute atomic E-state index is 15.7. The summed E-state index contributed by atoms with van der Waals surface area (Å²) in [6, 6.07) is 6.18. The van der Waals surface area contributed by atoms with Gasteiger partial charge >= 0.3 is 6.18 Å². The van der Waals surface area contributed by atoms with Crippen LogP contribution in [0.25, 0.3) is 10.9 Å². The van der Waals surface area contributed by atoms with Gasteiger partial charge in [-0.2, -0.15) is 13.2 Å². The van der Waals surface area contributed by atoms with Gasteiger partial charge in [-0.1, -0.05) is 23.8 Å². The van der Waals surface area contributed by atoms with E-state index in [0.29, 0.717) is 11.1 Å². The fourth-order valence-corrected chi connectivity index (χ4v) is 5.40. The number of nitrogens with one attached hydrogen (secondary N) is 1. The number of carbonyl (C=O) groups excluding carboxylic acids is 2. The Morgan fingerprint density at radius 1 is 1.17 bits per heavy atom. The number of anilines is 1. The van der Waals surface area contributed by atoms with E-state index in [4.69, 9.17) is 10.5 Å². The number of hydrogen-bond acceptors (Lipinski definition) is 6. The molecule has 1 saturated heterocycles. The van der Waals surface area contributed by atoms with Crippen LogP contribution in [-0.2, 0) is 17.9 Å². The summed E-state index contributed by atoms with van der Waals surface area (Å²) in [5.41, 5.74) is 6.12. The second kappa shape index (κ2) is 12.0. The number of aryl methyl sites for hydroxylation is 2. The maximum atomic E-state index is 15.7. The molecule has 1 unspecified atom stereocenters. The molecule has 1 aliphatic rings. The van der Waals surface area contributed by atoms with E-state index in [-0.39, 0.29) is 49.2 Å². The summed E-state index contributed by atoms with van der Waals surface area (Å²) >= 11 is 0. The largest absolute Gasteiger partial charge is 0.492 e. The number of nitrogens with two attached hydrogens (primary N) is 1. The van der Waals surface area contributed by atoms with E-state index in [9.17, 15) is 27.6 Å². The first-order valence-electron chi connectivity index (χ1n) is 13.3. The minimum Gasteiger partial charge on any atom is -0.492 e. The van der Waals surface area contributed by atoms with Crippen molar-refractivity contribution < 1.29 is 31.9 Å². The van der Waals surface area contributed by atoms with E-state index < -0.39 is 46.7 Å². The molecule has 0 spiro atoms. The Kier molecular flexibility index (Phi) is 8.81. The van der Waals surface area contributed by atoms with Gasteiger partial charge < -0.3 is 25.3 Å². The molecule has 2 heterocycles. The number of amides is 2. The molecule has 13 heteroatoms. The van der Waals surface area contributed by atoms with Crippen LogP contribution < -0.4 is 26.1 Å². The van der Waals surface area contributed by atoms with Crippen LogP contribution in [0.2, 0.25) is 0 Å². The van der Waals surface area contributed by atoms with Gasteiger partial charge in [0.25, 0.3) is 5.91 Å². The van der Waals surface area contributed by atoms with Crippen molar-refractivity contribution in [2.45, 2.75) is 46.1 Å². The lowest BCUT2D eigenvalue weighted by molar-refractivity contribution is -0.140. The molecular formula is C29H33F4N5O4. The van der Waals surface area contributed by atoms with Crippen molar-refractivity contribution in [3.63, 3.8) is 0 Å². The topological polar surface area (TPSA) is 110 Å². The van der Waals surface area contributed by atoms with Crippen LogP contribution in [0.5, 0.6) is 5.75 Å². The molecule has 1 fully saturated rings. The van der Waals surface area contributed by atoms with E-state index in [1.54, 1.807) is 4.90 Å². The van der Waals surface area contributed by atoms with Crippen molar-refractivity contribution in [3.05, 3.63) is 68.8 Å². The van der Waals surface area contributed by atoms with Gasteiger partial charge in [-0.3, -0.25) is 19.3 Å². The lowest BCUT2D eigenvalue weighted by Gasteiger charge is -2.41. The van der Waals surface area contributed by atoms with E-state index in [0.717, 1.165) is 29.0 Å². The average Bonchev–Trinajstić information content (AvgIpc) is 2.89. The van der Waals surface area contributed by atoms with Crippen molar-refractivity contribution in [1.29, 1.82) is 0 Å². The minimum atomic E-state index is -4.73. The molecule has 4 rings (SSSR count). The van der Waals surface area contributed by atoms with Gasteiger partial charge in [0, 0.05) is 38.4 Å². The van der Waals surface area contributed by atoms with Crippen LogP contribution >= 0.6 is 0 Å². The summed E-state index contributed by atoms with van der Waals surface area (Å²) in [5, 5.41) is 2.18. The van der Waals surface area contributed by atoms with E-state index in [1.807, 2.05) is 43.9 Å². The normalized spacial score (nSPS) is 16.1. The second-order valence-electron chi connectivity index (χ2n) is 10.6. The maximum Gasteiger partial charge on any atom is 0.406 e. The number of ether oxygens (including phenoxy) is 1. The number of hydrogen-bond donors (Lipinski definition) is 2. The zero-order chi connectivity index (χ0) is 30.9. The molecule has 2 aromatic carbocycles. The fourth-order valence-electron chi connectivity index (χ4n) is 5.40. The Morgan fingerprint density at radius 2 is 1.88 bits per heavy atom. The summed E-state index contributed by atoms with van der Waals surface area (Å²) in [6.45, 7) is 4.84. The third-order valence-corrected chi connectivity index (χ3v) is 7.42. The highest BCUT2D eigenvalue weighted by Gasteiger charge is 2.34. The number of pyridine rings is 1. The van der Waals surface area contributed by atoms with Crippen LogP contribution in [0, 0.1) is 19.7 Å². The quantitative estimate of drug-likeness (QED) is 0.390. The predicted octanol–water partition coefficient (Wildman–Crippen LogP) is 3.25. The molecule has 0 aliphatic carbocycles. The summed E-state index contributed by atoms with van der Waals surface area (Å²) in [6.07, 6.45) is -3.89. The Labute approximate surface area is 239 Å². The molecule has 0 bridgehead atoms. The highest BCUT2D eigenvalue weighted by Crippen LogP contribution is 2.39. The molecule has 42 heavy (non-hydrogen) atoms. The van der Waals surface area contributed by atoms with Gasteiger partial charge in [-0.25, -0.2) is 4.39 Å². The number of rotatable bonds is 8. The molecule has 0 radical (unpaired) electrons. The highest BCUT2D eigenvalue weighted by atomic mass is 19.4. The average molecular weight is 592 g/mol. The number of benzene rings is 2. The highest BCUT2D eigenvalue weighted by molar-refractivity contribution is 5.99. The van der Waals surface area contributed by atoms with Gasteiger partial charge in [0.15, 0.2) is 11.6 Å². The molecule has 2 amide bonds. The van der Waals surface area contributed by atoms with Gasteiger partial charge in [0.1, 0.15) is 17.8 Å². The number of carbonyl (C=O) groups is 2. The summed E-state index contributed by atoms with van der Waals surface area (Å²) in [4.78, 5) is 41.4. The van der Waals surface area contributed by atoms with Crippen LogP contribution in [0.3, 0.4) is 0 Å². The molecule has 3 N–H and O–H groups in total. The van der Waals surface area contributed by atoms with Gasteiger partial charge in [0.2, 0.25) is 11.3 Å². The third kappa shape index (κ3) is 6.51. The van der Waals surface area contributed by atoms with Crippen molar-refractivity contribution >= 4 is 28.4 Å². The second-order valence-corrected chi connectivity index (χ2v) is 10.6. The molecule has 1 aliphatic heterocycles. The van der Waals surface area contributed by atoms with Gasteiger partial charge in [0.05, 0.1) is 24.6 Å². The number of halogens is 4. The van der Waals surface area contributed by atoms with E-state index in [1.165, 1.54) is 7.11 Å². The van der Waals surface area contributed by atoms with Gasteiger partial charge in [-0.15, -0.1) is 0 Å². The minimum absolute atomic E-state index is 0.00575. The number of aromatic nitrogens is 1. The number of fused-ring (bicyclic) bond motifs is 1. The van der Waals surface area contributed by atoms with Crippen LogP contribution in [0.4, 0.5) is 23.2 Å². The molecule has 9 nitrogen and oxygen atoms in total. The Balaban J connectivity index is 1.79. The molecule has 0 saturated carbocycles. The Morgan fingerprint density at radius 3 is 2.48 bits per heavy atom. The molecule has 3 aromatic rings. The molecule has 1 atom stereocenters. The lowest BCUT2D eigenvalue weighted by atomic mass is 10.0. The zero-order valence-corrected chi connectivity index (χ0v) is 23.8. The number of methoxy groups -OCH3 is 1. The number of primary amides is 1. The smallest absolute Gasteiger partial charge is 0.406 e. The monoisotopic (exact) mass is 591 g/mol. The first kappa shape index (κ1) is 30.8. The SMILES string of the molecule is COc1c(N2CCN(CC(N)=O)C(C)C2)c(F)cc2c(=O)c(C(=O)NCc3ccc(C)cc3C)cn(CC(F)(F)F)c12. The van der Waals surface area contributed by atoms with Crippen molar-refractivity contribution in [1.82, 2.24) is 14.8 Å². The first-order valence-corrected chi connectivity index (χ1v) is 13.3. The van der Waals surface area contributed by atoms with Crippen LogP contribution in [0.15, 0.2) is 35.3 Å². The number of piperazine rings is 1.